The van der Waals surface area contributed by atoms with Crippen LogP contribution in [-0.2, 0) is 16.0 Å². The number of aliphatic hydroxyl groups is 1. The van der Waals surface area contributed by atoms with E-state index >= 15 is 0 Å². The molecule has 0 bridgehead atoms. The van der Waals surface area contributed by atoms with Gasteiger partial charge in [0.05, 0.1) is 11.6 Å². The average Bonchev–Trinajstić information content (AvgIpc) is 2.44. The lowest BCUT2D eigenvalue weighted by Crippen LogP contribution is -2.53. The molecule has 23 heavy (non-hydrogen) atoms. The highest BCUT2D eigenvalue weighted by Crippen LogP contribution is 2.34. The molecule has 1 heterocycles. The summed E-state index contributed by atoms with van der Waals surface area (Å²) in [5, 5.41) is 19.7. The van der Waals surface area contributed by atoms with Crippen LogP contribution in [0.4, 0.5) is 0 Å². The Kier molecular flexibility index (Phi) is 4.41. The Morgan fingerprint density at radius 1 is 1.39 bits per heavy atom. The zero-order chi connectivity index (χ0) is 17.4. The number of rotatable bonds is 2. The fourth-order valence-electron chi connectivity index (χ4n) is 2.56. The van der Waals surface area contributed by atoms with Gasteiger partial charge < -0.3 is 14.6 Å². The van der Waals surface area contributed by atoms with Gasteiger partial charge in [-0.1, -0.05) is 0 Å². The molecule has 1 aromatic rings. The van der Waals surface area contributed by atoms with Gasteiger partial charge in [-0.3, -0.25) is 0 Å². The van der Waals surface area contributed by atoms with Gasteiger partial charge in [0.1, 0.15) is 17.5 Å². The van der Waals surface area contributed by atoms with Crippen LogP contribution in [0, 0.1) is 18.3 Å². The van der Waals surface area contributed by atoms with Gasteiger partial charge >= 0.3 is 5.97 Å². The molecular formula is C18H23NO4. The second-order valence-electron chi connectivity index (χ2n) is 7.18. The molecule has 5 nitrogen and oxygen atoms in total. The van der Waals surface area contributed by atoms with Gasteiger partial charge in [-0.2, -0.15) is 5.26 Å². The largest absolute Gasteiger partial charge is 0.486 e. The summed E-state index contributed by atoms with van der Waals surface area (Å²) in [5.74, 6) is -0.0783. The molecule has 1 N–H and O–H groups in total. The first-order chi connectivity index (χ1) is 10.5. The van der Waals surface area contributed by atoms with Crippen molar-refractivity contribution in [1.82, 2.24) is 0 Å². The quantitative estimate of drug-likeness (QED) is 0.848. The number of carbonyl (C=O) groups is 1. The minimum atomic E-state index is -1.73. The van der Waals surface area contributed by atoms with Crippen molar-refractivity contribution in [1.29, 1.82) is 5.26 Å². The molecule has 0 fully saturated rings. The SMILES string of the molecule is Cc1cc2c(cc1C#N)CC[C@H]([C@](C)(O)C(=O)OC(C)(C)C)O2. The van der Waals surface area contributed by atoms with Crippen LogP contribution < -0.4 is 4.74 Å². The molecule has 0 aromatic heterocycles. The van der Waals surface area contributed by atoms with Gasteiger partial charge in [-0.25, -0.2) is 4.79 Å². The van der Waals surface area contributed by atoms with E-state index in [4.69, 9.17) is 14.7 Å². The van der Waals surface area contributed by atoms with Crippen molar-refractivity contribution >= 4 is 5.97 Å². The molecule has 0 radical (unpaired) electrons. The van der Waals surface area contributed by atoms with Crippen LogP contribution >= 0.6 is 0 Å². The zero-order valence-corrected chi connectivity index (χ0v) is 14.3. The number of hydrogen-bond acceptors (Lipinski definition) is 5. The number of hydrogen-bond donors (Lipinski definition) is 1. The van der Waals surface area contributed by atoms with Crippen LogP contribution in [0.2, 0.25) is 0 Å². The Morgan fingerprint density at radius 2 is 2.04 bits per heavy atom. The molecular weight excluding hydrogens is 294 g/mol. The van der Waals surface area contributed by atoms with Crippen molar-refractivity contribution in [2.75, 3.05) is 0 Å². The van der Waals surface area contributed by atoms with Crippen LogP contribution in [0.1, 0.15) is 50.8 Å². The summed E-state index contributed by atoms with van der Waals surface area (Å²) in [5.41, 5.74) is -0.0597. The van der Waals surface area contributed by atoms with Gasteiger partial charge in [0.2, 0.25) is 0 Å². The summed E-state index contributed by atoms with van der Waals surface area (Å²) in [6.45, 7) is 8.52. The van der Waals surface area contributed by atoms with Crippen molar-refractivity contribution in [3.8, 4) is 11.8 Å². The third-order valence-electron chi connectivity index (χ3n) is 3.91. The van der Waals surface area contributed by atoms with E-state index in [-0.39, 0.29) is 0 Å². The monoisotopic (exact) mass is 317 g/mol. The number of carbonyl (C=O) groups excluding carboxylic acids is 1. The topological polar surface area (TPSA) is 79.5 Å². The molecule has 0 spiro atoms. The highest BCUT2D eigenvalue weighted by molar-refractivity contribution is 5.80. The number of esters is 1. The molecule has 2 rings (SSSR count). The first-order valence-electron chi connectivity index (χ1n) is 7.70. The standard InChI is InChI=1S/C18H23NO4/c1-11-8-14-12(9-13(11)10-19)6-7-15(22-14)18(5,21)16(20)23-17(2,3)4/h8-9,15,21H,6-7H2,1-5H3/t15-,18+/m1/s1. The first-order valence-corrected chi connectivity index (χ1v) is 7.70. The number of nitrogens with zero attached hydrogens (tertiary/aromatic N) is 1. The summed E-state index contributed by atoms with van der Waals surface area (Å²) >= 11 is 0. The molecule has 2 atom stereocenters. The maximum absolute atomic E-state index is 12.3. The number of aryl methyl sites for hydroxylation is 2. The van der Waals surface area contributed by atoms with E-state index < -0.39 is 23.3 Å². The molecule has 124 valence electrons. The molecule has 1 aliphatic rings. The first kappa shape index (κ1) is 17.3. The van der Waals surface area contributed by atoms with Crippen molar-refractivity contribution in [2.24, 2.45) is 0 Å². The third-order valence-corrected chi connectivity index (χ3v) is 3.91. The summed E-state index contributed by atoms with van der Waals surface area (Å²) in [7, 11) is 0. The molecule has 0 saturated carbocycles. The summed E-state index contributed by atoms with van der Waals surface area (Å²) < 4.78 is 11.1. The molecule has 0 amide bonds. The van der Waals surface area contributed by atoms with E-state index in [1.165, 1.54) is 6.92 Å². The lowest BCUT2D eigenvalue weighted by atomic mass is 9.89. The second-order valence-corrected chi connectivity index (χ2v) is 7.18. The Balaban J connectivity index is 2.23. The van der Waals surface area contributed by atoms with Crippen LogP contribution in [0.15, 0.2) is 12.1 Å². The predicted molar refractivity (Wildman–Crippen MR) is 85.1 cm³/mol. The Morgan fingerprint density at radius 3 is 2.61 bits per heavy atom. The highest BCUT2D eigenvalue weighted by Gasteiger charge is 2.45. The van der Waals surface area contributed by atoms with E-state index in [1.54, 1.807) is 26.8 Å². The van der Waals surface area contributed by atoms with Gasteiger partial charge in [0.15, 0.2) is 5.60 Å². The number of nitriles is 1. The fraction of sp³-hybridized carbons (Fsp3) is 0.556. The van der Waals surface area contributed by atoms with Gasteiger partial charge in [-0.05, 0) is 70.7 Å². The maximum Gasteiger partial charge on any atom is 0.342 e. The van der Waals surface area contributed by atoms with Gasteiger partial charge in [0, 0.05) is 0 Å². The second kappa shape index (κ2) is 5.86. The molecule has 0 unspecified atom stereocenters. The minimum Gasteiger partial charge on any atom is -0.486 e. The van der Waals surface area contributed by atoms with E-state index in [2.05, 4.69) is 6.07 Å². The van der Waals surface area contributed by atoms with Crippen LogP contribution in [0.5, 0.6) is 5.75 Å². The van der Waals surface area contributed by atoms with Crippen molar-refractivity contribution in [3.05, 3.63) is 28.8 Å². The normalized spacial score (nSPS) is 19.8. The summed E-state index contributed by atoms with van der Waals surface area (Å²) in [4.78, 5) is 12.3. The number of ether oxygens (including phenoxy) is 2. The van der Waals surface area contributed by atoms with Crippen molar-refractivity contribution < 1.29 is 19.4 Å². The minimum absolute atomic E-state index is 0.479. The predicted octanol–water partition coefficient (Wildman–Crippen LogP) is 2.65. The smallest absolute Gasteiger partial charge is 0.342 e. The van der Waals surface area contributed by atoms with E-state index in [9.17, 15) is 9.90 Å². The average molecular weight is 317 g/mol. The maximum atomic E-state index is 12.3. The number of benzene rings is 1. The third kappa shape index (κ3) is 3.65. The number of fused-ring (bicyclic) bond motifs is 1. The van der Waals surface area contributed by atoms with Gasteiger partial charge in [-0.15, -0.1) is 0 Å². The Labute approximate surface area is 136 Å². The molecule has 1 aliphatic heterocycles. The lowest BCUT2D eigenvalue weighted by molar-refractivity contribution is -0.185. The zero-order valence-electron chi connectivity index (χ0n) is 14.3. The fourth-order valence-corrected chi connectivity index (χ4v) is 2.56. The van der Waals surface area contributed by atoms with Crippen LogP contribution in [-0.4, -0.2) is 28.4 Å². The van der Waals surface area contributed by atoms with E-state index in [0.717, 1.165) is 11.1 Å². The Hall–Kier alpha value is -2.06. The van der Waals surface area contributed by atoms with Crippen molar-refractivity contribution in [3.63, 3.8) is 0 Å². The van der Waals surface area contributed by atoms with Gasteiger partial charge in [0.25, 0.3) is 0 Å². The highest BCUT2D eigenvalue weighted by atomic mass is 16.6. The van der Waals surface area contributed by atoms with E-state index in [1.807, 2.05) is 13.0 Å². The molecule has 0 saturated heterocycles. The van der Waals surface area contributed by atoms with Crippen LogP contribution in [0.25, 0.3) is 0 Å². The summed E-state index contributed by atoms with van der Waals surface area (Å²) in [6.07, 6.45) is 0.429. The molecule has 5 heteroatoms. The van der Waals surface area contributed by atoms with Crippen LogP contribution in [0.3, 0.4) is 0 Å². The molecule has 1 aromatic carbocycles. The lowest BCUT2D eigenvalue weighted by Gasteiger charge is -2.36. The van der Waals surface area contributed by atoms with Crippen molar-refractivity contribution in [2.45, 2.75) is 64.8 Å². The Bertz CT molecular complexity index is 665. The molecule has 0 aliphatic carbocycles. The summed E-state index contributed by atoms with van der Waals surface area (Å²) in [6, 6.07) is 5.74. The van der Waals surface area contributed by atoms with E-state index in [0.29, 0.717) is 24.2 Å².